The fourth-order valence-corrected chi connectivity index (χ4v) is 2.16. The number of imidazole rings is 1. The van der Waals surface area contributed by atoms with Gasteiger partial charge in [0.15, 0.2) is 5.82 Å². The van der Waals surface area contributed by atoms with E-state index in [4.69, 9.17) is 5.11 Å². The number of pyridine rings is 1. The number of carbonyl (C=O) groups is 1. The molecule has 0 saturated carbocycles. The lowest BCUT2D eigenvalue weighted by atomic mass is 10.2. The van der Waals surface area contributed by atoms with Crippen LogP contribution in [0.1, 0.15) is 10.4 Å². The fraction of sp³-hybridized carbons (Fsp3) is 0.0714. The van der Waals surface area contributed by atoms with Crippen molar-refractivity contribution in [2.45, 2.75) is 0 Å². The lowest BCUT2D eigenvalue weighted by Crippen LogP contribution is -2.17. The normalized spacial score (nSPS) is 10.8. The number of H-pyrrole nitrogens is 1. The second kappa shape index (κ2) is 4.34. The zero-order valence-corrected chi connectivity index (χ0v) is 10.6. The van der Waals surface area contributed by atoms with Crippen LogP contribution < -0.4 is 5.56 Å². The molecule has 0 spiro atoms. The predicted molar refractivity (Wildman–Crippen MR) is 73.7 cm³/mol. The van der Waals surface area contributed by atoms with Crippen molar-refractivity contribution in [3.63, 3.8) is 0 Å². The Hall–Kier alpha value is -2.89. The van der Waals surface area contributed by atoms with Crippen molar-refractivity contribution in [1.29, 1.82) is 0 Å². The molecule has 0 atom stereocenters. The van der Waals surface area contributed by atoms with Gasteiger partial charge in [-0.2, -0.15) is 0 Å². The molecule has 20 heavy (non-hydrogen) atoms. The predicted octanol–water partition coefficient (Wildman–Crippen LogP) is 1.63. The number of fused-ring (bicyclic) bond motifs is 1. The standard InChI is InChI=1S/C14H11N3O3/c1-17-11-5-3-2-4-9(11)15-12(17)10-7-6-8(14(19)20)13(18)16-10/h2-7H,1H3,(H,16,18)(H,19,20). The summed E-state index contributed by atoms with van der Waals surface area (Å²) in [6.07, 6.45) is 0. The molecule has 1 aromatic carbocycles. The molecule has 2 heterocycles. The number of aromatic amines is 1. The highest BCUT2D eigenvalue weighted by atomic mass is 16.4. The van der Waals surface area contributed by atoms with E-state index in [1.165, 1.54) is 6.07 Å². The molecule has 3 rings (SSSR count). The number of aromatic nitrogens is 3. The van der Waals surface area contributed by atoms with Gasteiger partial charge in [-0.3, -0.25) is 4.79 Å². The number of hydrogen-bond donors (Lipinski definition) is 2. The van der Waals surface area contributed by atoms with Crippen LogP contribution in [0.2, 0.25) is 0 Å². The van der Waals surface area contributed by atoms with Crippen molar-refractivity contribution < 1.29 is 9.90 Å². The first-order chi connectivity index (χ1) is 9.58. The average Bonchev–Trinajstić information content (AvgIpc) is 2.76. The minimum atomic E-state index is -1.25. The Morgan fingerprint density at radius 1 is 1.25 bits per heavy atom. The molecule has 6 nitrogen and oxygen atoms in total. The summed E-state index contributed by atoms with van der Waals surface area (Å²) >= 11 is 0. The van der Waals surface area contributed by atoms with E-state index >= 15 is 0 Å². The Labute approximate surface area is 113 Å². The molecule has 0 aliphatic rings. The summed E-state index contributed by atoms with van der Waals surface area (Å²) in [5.41, 5.74) is 1.31. The topological polar surface area (TPSA) is 88.0 Å². The maximum atomic E-state index is 11.7. The number of nitrogens with zero attached hydrogens (tertiary/aromatic N) is 2. The summed E-state index contributed by atoms with van der Waals surface area (Å²) in [6, 6.07) is 10.4. The number of carboxylic acid groups (broad SMARTS) is 1. The Morgan fingerprint density at radius 2 is 2.00 bits per heavy atom. The van der Waals surface area contributed by atoms with Gasteiger partial charge in [0.05, 0.1) is 16.7 Å². The minimum absolute atomic E-state index is 0.285. The van der Waals surface area contributed by atoms with Gasteiger partial charge in [0, 0.05) is 7.05 Å². The van der Waals surface area contributed by atoms with Gasteiger partial charge in [-0.25, -0.2) is 9.78 Å². The number of aryl methyl sites for hydroxylation is 1. The van der Waals surface area contributed by atoms with E-state index in [0.29, 0.717) is 11.5 Å². The van der Waals surface area contributed by atoms with Crippen LogP contribution in [0.15, 0.2) is 41.2 Å². The third kappa shape index (κ3) is 1.78. The quantitative estimate of drug-likeness (QED) is 0.740. The maximum Gasteiger partial charge on any atom is 0.341 e. The number of benzene rings is 1. The van der Waals surface area contributed by atoms with Crippen LogP contribution in [0.25, 0.3) is 22.6 Å². The summed E-state index contributed by atoms with van der Waals surface area (Å²) in [5.74, 6) is -0.664. The molecule has 0 aliphatic heterocycles. The smallest absolute Gasteiger partial charge is 0.341 e. The van der Waals surface area contributed by atoms with Crippen molar-refractivity contribution in [3.05, 3.63) is 52.3 Å². The molecular weight excluding hydrogens is 258 g/mol. The molecule has 2 aromatic heterocycles. The highest BCUT2D eigenvalue weighted by Gasteiger charge is 2.13. The average molecular weight is 269 g/mol. The number of aromatic carboxylic acids is 1. The van der Waals surface area contributed by atoms with E-state index < -0.39 is 11.5 Å². The Bertz CT molecular complexity index is 877. The lowest BCUT2D eigenvalue weighted by molar-refractivity contribution is 0.0695. The minimum Gasteiger partial charge on any atom is -0.477 e. The maximum absolute atomic E-state index is 11.7. The van der Waals surface area contributed by atoms with Crippen LogP contribution in [-0.4, -0.2) is 25.6 Å². The van der Waals surface area contributed by atoms with E-state index in [9.17, 15) is 9.59 Å². The first-order valence-corrected chi connectivity index (χ1v) is 5.96. The molecule has 2 N–H and O–H groups in total. The van der Waals surface area contributed by atoms with Gasteiger partial charge in [-0.05, 0) is 24.3 Å². The van der Waals surface area contributed by atoms with Crippen molar-refractivity contribution in [2.24, 2.45) is 7.05 Å². The Balaban J connectivity index is 2.21. The largest absolute Gasteiger partial charge is 0.477 e. The summed E-state index contributed by atoms with van der Waals surface area (Å²) in [4.78, 5) is 29.5. The van der Waals surface area contributed by atoms with Gasteiger partial charge in [0.1, 0.15) is 5.56 Å². The Kier molecular flexibility index (Phi) is 2.64. The number of para-hydroxylation sites is 2. The number of carboxylic acids is 1. The summed E-state index contributed by atoms with van der Waals surface area (Å²) in [5, 5.41) is 8.86. The second-order valence-electron chi connectivity index (χ2n) is 4.40. The summed E-state index contributed by atoms with van der Waals surface area (Å²) < 4.78 is 1.85. The first kappa shape index (κ1) is 12.2. The highest BCUT2D eigenvalue weighted by molar-refractivity contribution is 5.87. The third-order valence-electron chi connectivity index (χ3n) is 3.17. The van der Waals surface area contributed by atoms with Gasteiger partial charge in [0.2, 0.25) is 0 Å². The van der Waals surface area contributed by atoms with Crippen LogP contribution in [0.3, 0.4) is 0 Å². The van der Waals surface area contributed by atoms with Gasteiger partial charge >= 0.3 is 5.97 Å². The molecule has 100 valence electrons. The van der Waals surface area contributed by atoms with Gasteiger partial charge < -0.3 is 14.7 Å². The van der Waals surface area contributed by atoms with E-state index in [1.807, 2.05) is 35.9 Å². The van der Waals surface area contributed by atoms with Crippen LogP contribution in [-0.2, 0) is 7.05 Å². The molecule has 0 unspecified atom stereocenters. The SMILES string of the molecule is Cn1c(-c2ccc(C(=O)O)c(=O)[nH]2)nc2ccccc21. The molecule has 6 heteroatoms. The summed E-state index contributed by atoms with van der Waals surface area (Å²) in [7, 11) is 1.84. The molecule has 0 fully saturated rings. The zero-order valence-electron chi connectivity index (χ0n) is 10.6. The van der Waals surface area contributed by atoms with Gasteiger partial charge in [0.25, 0.3) is 5.56 Å². The molecular formula is C14H11N3O3. The van der Waals surface area contributed by atoms with Crippen LogP contribution in [0.4, 0.5) is 0 Å². The number of nitrogens with one attached hydrogen (secondary N) is 1. The third-order valence-corrected chi connectivity index (χ3v) is 3.17. The second-order valence-corrected chi connectivity index (χ2v) is 4.40. The molecule has 0 radical (unpaired) electrons. The van der Waals surface area contributed by atoms with Crippen LogP contribution in [0, 0.1) is 0 Å². The van der Waals surface area contributed by atoms with Crippen molar-refractivity contribution >= 4 is 17.0 Å². The van der Waals surface area contributed by atoms with Crippen molar-refractivity contribution in [2.75, 3.05) is 0 Å². The number of rotatable bonds is 2. The van der Waals surface area contributed by atoms with E-state index in [1.54, 1.807) is 6.07 Å². The lowest BCUT2D eigenvalue weighted by Gasteiger charge is -2.02. The molecule has 3 aromatic rings. The molecule has 0 saturated heterocycles. The highest BCUT2D eigenvalue weighted by Crippen LogP contribution is 2.21. The molecule has 0 aliphatic carbocycles. The van der Waals surface area contributed by atoms with E-state index in [0.717, 1.165) is 11.0 Å². The number of hydrogen-bond acceptors (Lipinski definition) is 3. The zero-order chi connectivity index (χ0) is 14.3. The molecule has 0 amide bonds. The summed E-state index contributed by atoms with van der Waals surface area (Å²) in [6.45, 7) is 0. The van der Waals surface area contributed by atoms with Crippen LogP contribution >= 0.6 is 0 Å². The van der Waals surface area contributed by atoms with E-state index in [2.05, 4.69) is 9.97 Å². The first-order valence-electron chi connectivity index (χ1n) is 5.96. The monoisotopic (exact) mass is 269 g/mol. The van der Waals surface area contributed by atoms with Crippen molar-refractivity contribution in [1.82, 2.24) is 14.5 Å². The van der Waals surface area contributed by atoms with Gasteiger partial charge in [-0.15, -0.1) is 0 Å². The van der Waals surface area contributed by atoms with Gasteiger partial charge in [-0.1, -0.05) is 12.1 Å². The van der Waals surface area contributed by atoms with E-state index in [-0.39, 0.29) is 5.56 Å². The Morgan fingerprint density at radius 3 is 2.65 bits per heavy atom. The van der Waals surface area contributed by atoms with Crippen molar-refractivity contribution in [3.8, 4) is 11.5 Å². The van der Waals surface area contributed by atoms with Crippen LogP contribution in [0.5, 0.6) is 0 Å². The fourth-order valence-electron chi connectivity index (χ4n) is 2.16. The molecule has 0 bridgehead atoms.